The van der Waals surface area contributed by atoms with Gasteiger partial charge < -0.3 is 15.2 Å². The predicted molar refractivity (Wildman–Crippen MR) is 67.2 cm³/mol. The second kappa shape index (κ2) is 8.08. The number of carbonyl (C=O) groups excluding carboxylic acids is 1. The van der Waals surface area contributed by atoms with Gasteiger partial charge in [-0.3, -0.25) is 9.59 Å². The molecule has 104 valence electrons. The van der Waals surface area contributed by atoms with Crippen molar-refractivity contribution in [3.8, 4) is 0 Å². The van der Waals surface area contributed by atoms with Gasteiger partial charge in [0.25, 0.3) is 0 Å². The van der Waals surface area contributed by atoms with E-state index in [2.05, 4.69) is 5.32 Å². The van der Waals surface area contributed by atoms with E-state index in [4.69, 9.17) is 9.84 Å². The second-order valence-electron chi connectivity index (χ2n) is 4.83. The molecule has 1 saturated carbocycles. The van der Waals surface area contributed by atoms with E-state index in [1.54, 1.807) is 7.11 Å². The normalized spacial score (nSPS) is 23.6. The van der Waals surface area contributed by atoms with Gasteiger partial charge in [-0.15, -0.1) is 0 Å². The number of methoxy groups -OCH3 is 1. The molecule has 0 spiro atoms. The standard InChI is InChI=1S/C13H23NO4/c1-18-9-5-4-8-14-12(15)10-6-2-3-7-11(10)13(16)17/h10-11H,2-9H2,1H3,(H,14,15)(H,16,17). The van der Waals surface area contributed by atoms with Crippen molar-refractivity contribution in [3.05, 3.63) is 0 Å². The Morgan fingerprint density at radius 2 is 1.89 bits per heavy atom. The first-order valence-electron chi connectivity index (χ1n) is 6.66. The van der Waals surface area contributed by atoms with Crippen LogP contribution in [0, 0.1) is 11.8 Å². The Balaban J connectivity index is 2.32. The van der Waals surface area contributed by atoms with Crippen molar-refractivity contribution in [1.29, 1.82) is 0 Å². The average Bonchev–Trinajstić information content (AvgIpc) is 2.38. The summed E-state index contributed by atoms with van der Waals surface area (Å²) in [5.74, 6) is -1.79. The lowest BCUT2D eigenvalue weighted by Crippen LogP contribution is -2.40. The molecule has 18 heavy (non-hydrogen) atoms. The number of rotatable bonds is 7. The van der Waals surface area contributed by atoms with E-state index >= 15 is 0 Å². The number of hydrogen-bond donors (Lipinski definition) is 2. The lowest BCUT2D eigenvalue weighted by Gasteiger charge is -2.27. The van der Waals surface area contributed by atoms with Crippen LogP contribution in [0.5, 0.6) is 0 Å². The number of unbranched alkanes of at least 4 members (excludes halogenated alkanes) is 1. The van der Waals surface area contributed by atoms with Gasteiger partial charge >= 0.3 is 5.97 Å². The lowest BCUT2D eigenvalue weighted by atomic mass is 9.78. The molecule has 1 fully saturated rings. The molecule has 2 unspecified atom stereocenters. The zero-order valence-electron chi connectivity index (χ0n) is 11.0. The third-order valence-electron chi connectivity index (χ3n) is 3.49. The molecule has 0 saturated heterocycles. The topological polar surface area (TPSA) is 75.6 Å². The molecule has 0 radical (unpaired) electrons. The Labute approximate surface area is 108 Å². The number of ether oxygens (including phenoxy) is 1. The molecule has 1 amide bonds. The molecule has 1 aliphatic rings. The van der Waals surface area contributed by atoms with Crippen LogP contribution in [0.25, 0.3) is 0 Å². The third-order valence-corrected chi connectivity index (χ3v) is 3.49. The van der Waals surface area contributed by atoms with Crippen LogP contribution in [-0.2, 0) is 14.3 Å². The molecule has 2 N–H and O–H groups in total. The Morgan fingerprint density at radius 1 is 1.22 bits per heavy atom. The number of nitrogens with one attached hydrogen (secondary N) is 1. The molecule has 1 aliphatic carbocycles. The minimum absolute atomic E-state index is 0.0977. The number of carboxylic acids is 1. The fourth-order valence-corrected chi connectivity index (χ4v) is 2.45. The first kappa shape index (κ1) is 15.0. The zero-order valence-corrected chi connectivity index (χ0v) is 11.0. The molecule has 0 aliphatic heterocycles. The summed E-state index contributed by atoms with van der Waals surface area (Å²) in [5, 5.41) is 11.9. The van der Waals surface area contributed by atoms with Gasteiger partial charge in [-0.2, -0.15) is 0 Å². The van der Waals surface area contributed by atoms with Crippen molar-refractivity contribution in [1.82, 2.24) is 5.32 Å². The Kier molecular flexibility index (Phi) is 6.72. The van der Waals surface area contributed by atoms with Crippen LogP contribution in [0.15, 0.2) is 0 Å². The molecule has 1 rings (SSSR count). The van der Waals surface area contributed by atoms with Crippen LogP contribution in [0.4, 0.5) is 0 Å². The summed E-state index contributed by atoms with van der Waals surface area (Å²) < 4.78 is 4.92. The molecular weight excluding hydrogens is 234 g/mol. The smallest absolute Gasteiger partial charge is 0.307 e. The van der Waals surface area contributed by atoms with E-state index in [-0.39, 0.29) is 11.8 Å². The summed E-state index contributed by atoms with van der Waals surface area (Å²) in [6.07, 6.45) is 4.95. The van der Waals surface area contributed by atoms with Crippen molar-refractivity contribution >= 4 is 11.9 Å². The molecule has 0 aromatic rings. The van der Waals surface area contributed by atoms with E-state index in [9.17, 15) is 9.59 Å². The van der Waals surface area contributed by atoms with Gasteiger partial charge in [0.2, 0.25) is 5.91 Å². The summed E-state index contributed by atoms with van der Waals surface area (Å²) in [7, 11) is 1.65. The van der Waals surface area contributed by atoms with Gasteiger partial charge in [-0.1, -0.05) is 12.8 Å². The van der Waals surface area contributed by atoms with Crippen LogP contribution < -0.4 is 5.32 Å². The summed E-state index contributed by atoms with van der Waals surface area (Å²) in [5.41, 5.74) is 0. The van der Waals surface area contributed by atoms with Crippen molar-refractivity contribution < 1.29 is 19.4 Å². The number of aliphatic carboxylic acids is 1. The van der Waals surface area contributed by atoms with E-state index in [1.807, 2.05) is 0 Å². The molecule has 0 bridgehead atoms. The highest BCUT2D eigenvalue weighted by molar-refractivity contribution is 5.84. The van der Waals surface area contributed by atoms with Gasteiger partial charge in [0, 0.05) is 20.3 Å². The van der Waals surface area contributed by atoms with E-state index in [0.29, 0.717) is 26.0 Å². The fourth-order valence-electron chi connectivity index (χ4n) is 2.45. The highest BCUT2D eigenvalue weighted by Gasteiger charge is 2.35. The summed E-state index contributed by atoms with van der Waals surface area (Å²) in [4.78, 5) is 23.0. The van der Waals surface area contributed by atoms with Gasteiger partial charge in [-0.05, 0) is 25.7 Å². The first-order chi connectivity index (χ1) is 8.66. The van der Waals surface area contributed by atoms with E-state index in [0.717, 1.165) is 25.7 Å². The average molecular weight is 257 g/mol. The Morgan fingerprint density at radius 3 is 2.50 bits per heavy atom. The minimum atomic E-state index is -0.839. The van der Waals surface area contributed by atoms with Crippen LogP contribution >= 0.6 is 0 Å². The van der Waals surface area contributed by atoms with Crippen molar-refractivity contribution in [2.45, 2.75) is 38.5 Å². The predicted octanol–water partition coefficient (Wildman–Crippen LogP) is 1.42. The van der Waals surface area contributed by atoms with Gasteiger partial charge in [0.1, 0.15) is 0 Å². The minimum Gasteiger partial charge on any atom is -0.481 e. The van der Waals surface area contributed by atoms with Crippen LogP contribution in [0.2, 0.25) is 0 Å². The lowest BCUT2D eigenvalue weighted by molar-refractivity contribution is -0.148. The van der Waals surface area contributed by atoms with Crippen molar-refractivity contribution in [2.75, 3.05) is 20.3 Å². The second-order valence-corrected chi connectivity index (χ2v) is 4.83. The molecule has 0 aromatic heterocycles. The largest absolute Gasteiger partial charge is 0.481 e. The summed E-state index contributed by atoms with van der Waals surface area (Å²) >= 11 is 0. The molecule has 0 heterocycles. The molecular formula is C13H23NO4. The monoisotopic (exact) mass is 257 g/mol. The highest BCUT2D eigenvalue weighted by Crippen LogP contribution is 2.30. The summed E-state index contributed by atoms with van der Waals surface area (Å²) in [6.45, 7) is 1.29. The van der Waals surface area contributed by atoms with Crippen LogP contribution in [0.3, 0.4) is 0 Å². The number of hydrogen-bond acceptors (Lipinski definition) is 3. The molecule has 0 aromatic carbocycles. The zero-order chi connectivity index (χ0) is 13.4. The fraction of sp³-hybridized carbons (Fsp3) is 0.846. The van der Waals surface area contributed by atoms with E-state index in [1.165, 1.54) is 0 Å². The van der Waals surface area contributed by atoms with E-state index < -0.39 is 11.9 Å². The maximum absolute atomic E-state index is 11.9. The number of carboxylic acid groups (broad SMARTS) is 1. The Hall–Kier alpha value is -1.10. The summed E-state index contributed by atoms with van der Waals surface area (Å²) in [6, 6.07) is 0. The quantitative estimate of drug-likeness (QED) is 0.676. The number of carbonyl (C=O) groups is 2. The van der Waals surface area contributed by atoms with Crippen molar-refractivity contribution in [3.63, 3.8) is 0 Å². The Bertz CT molecular complexity index is 280. The molecule has 5 heteroatoms. The maximum atomic E-state index is 11.9. The van der Waals surface area contributed by atoms with Crippen LogP contribution in [-0.4, -0.2) is 37.2 Å². The third kappa shape index (κ3) is 4.64. The van der Waals surface area contributed by atoms with Crippen LogP contribution in [0.1, 0.15) is 38.5 Å². The van der Waals surface area contributed by atoms with Gasteiger partial charge in [-0.25, -0.2) is 0 Å². The van der Waals surface area contributed by atoms with Gasteiger partial charge in [0.05, 0.1) is 11.8 Å². The van der Waals surface area contributed by atoms with Crippen molar-refractivity contribution in [2.24, 2.45) is 11.8 Å². The number of amides is 1. The molecule has 2 atom stereocenters. The van der Waals surface area contributed by atoms with Gasteiger partial charge in [0.15, 0.2) is 0 Å². The highest BCUT2D eigenvalue weighted by atomic mass is 16.5. The maximum Gasteiger partial charge on any atom is 0.307 e. The molecule has 5 nitrogen and oxygen atoms in total. The first-order valence-corrected chi connectivity index (χ1v) is 6.66. The SMILES string of the molecule is COCCCCNC(=O)C1CCCCC1C(=O)O.